The van der Waals surface area contributed by atoms with Gasteiger partial charge in [0.1, 0.15) is 0 Å². The van der Waals surface area contributed by atoms with Gasteiger partial charge in [0, 0.05) is 12.6 Å². The zero-order chi connectivity index (χ0) is 12.8. The van der Waals surface area contributed by atoms with Crippen molar-refractivity contribution in [1.82, 2.24) is 4.90 Å². The van der Waals surface area contributed by atoms with Crippen molar-refractivity contribution >= 4 is 5.97 Å². The molecule has 4 heteroatoms. The number of nitrogens with zero attached hydrogens (tertiary/aromatic N) is 1. The van der Waals surface area contributed by atoms with E-state index in [2.05, 4.69) is 18.7 Å². The summed E-state index contributed by atoms with van der Waals surface area (Å²) in [6.45, 7) is 9.50. The maximum atomic E-state index is 11.4. The van der Waals surface area contributed by atoms with E-state index < -0.39 is 0 Å². The van der Waals surface area contributed by atoms with Crippen molar-refractivity contribution in [1.29, 1.82) is 0 Å². The average molecular weight is 242 g/mol. The number of esters is 1. The summed E-state index contributed by atoms with van der Waals surface area (Å²) in [6, 6.07) is 0.260. The predicted molar refractivity (Wildman–Crippen MR) is 68.6 cm³/mol. The molecule has 3 atom stereocenters. The third-order valence-corrected chi connectivity index (χ3v) is 3.84. The lowest BCUT2D eigenvalue weighted by Crippen LogP contribution is -2.47. The molecule has 3 unspecified atom stereocenters. The van der Waals surface area contributed by atoms with Gasteiger partial charge < -0.3 is 10.5 Å². The number of carbonyl (C=O) groups excluding carboxylic acids is 1. The van der Waals surface area contributed by atoms with Gasteiger partial charge in [-0.1, -0.05) is 6.92 Å². The summed E-state index contributed by atoms with van der Waals surface area (Å²) in [5, 5.41) is 0. The second kappa shape index (κ2) is 6.97. The van der Waals surface area contributed by atoms with Crippen molar-refractivity contribution in [2.75, 3.05) is 26.2 Å². The highest BCUT2D eigenvalue weighted by atomic mass is 16.5. The van der Waals surface area contributed by atoms with Crippen LogP contribution in [-0.2, 0) is 9.53 Å². The van der Waals surface area contributed by atoms with Crippen LogP contribution in [-0.4, -0.2) is 43.2 Å². The molecule has 100 valence electrons. The van der Waals surface area contributed by atoms with Gasteiger partial charge in [-0.05, 0) is 45.2 Å². The molecule has 0 aromatic carbocycles. The minimum atomic E-state index is -0.0945. The smallest absolute Gasteiger partial charge is 0.307 e. The maximum Gasteiger partial charge on any atom is 0.307 e. The van der Waals surface area contributed by atoms with Gasteiger partial charge in [-0.3, -0.25) is 9.69 Å². The molecule has 0 aromatic heterocycles. The van der Waals surface area contributed by atoms with Crippen molar-refractivity contribution in [3.8, 4) is 0 Å². The van der Waals surface area contributed by atoms with E-state index in [0.717, 1.165) is 19.6 Å². The zero-order valence-corrected chi connectivity index (χ0v) is 11.3. The molecule has 0 aromatic rings. The molecule has 0 bridgehead atoms. The molecule has 0 radical (unpaired) electrons. The Hall–Kier alpha value is -0.610. The van der Waals surface area contributed by atoms with Crippen molar-refractivity contribution < 1.29 is 9.53 Å². The SMILES string of the molecule is CCOC(=O)CC(C)N1CCC(C)C(CN)C1. The van der Waals surface area contributed by atoms with Gasteiger partial charge in [-0.15, -0.1) is 0 Å². The summed E-state index contributed by atoms with van der Waals surface area (Å²) in [5.41, 5.74) is 5.79. The number of nitrogens with two attached hydrogens (primary N) is 1. The quantitative estimate of drug-likeness (QED) is 0.737. The van der Waals surface area contributed by atoms with E-state index in [9.17, 15) is 4.79 Å². The fourth-order valence-corrected chi connectivity index (χ4v) is 2.47. The number of ether oxygens (including phenoxy) is 1. The summed E-state index contributed by atoms with van der Waals surface area (Å²) in [6.07, 6.45) is 1.66. The molecule has 0 aliphatic carbocycles. The lowest BCUT2D eigenvalue weighted by atomic mass is 9.86. The lowest BCUT2D eigenvalue weighted by molar-refractivity contribution is -0.144. The normalized spacial score (nSPS) is 27.8. The topological polar surface area (TPSA) is 55.6 Å². The van der Waals surface area contributed by atoms with E-state index in [1.807, 2.05) is 6.92 Å². The van der Waals surface area contributed by atoms with Gasteiger partial charge in [0.2, 0.25) is 0 Å². The zero-order valence-electron chi connectivity index (χ0n) is 11.3. The second-order valence-corrected chi connectivity index (χ2v) is 5.11. The molecule has 17 heavy (non-hydrogen) atoms. The number of hydrogen-bond acceptors (Lipinski definition) is 4. The van der Waals surface area contributed by atoms with Crippen LogP contribution in [0.2, 0.25) is 0 Å². The molecule has 4 nitrogen and oxygen atoms in total. The summed E-state index contributed by atoms with van der Waals surface area (Å²) in [4.78, 5) is 13.8. The van der Waals surface area contributed by atoms with Crippen LogP contribution < -0.4 is 5.73 Å². The monoisotopic (exact) mass is 242 g/mol. The van der Waals surface area contributed by atoms with E-state index in [0.29, 0.717) is 24.9 Å². The first kappa shape index (κ1) is 14.5. The van der Waals surface area contributed by atoms with E-state index in [-0.39, 0.29) is 12.0 Å². The maximum absolute atomic E-state index is 11.4. The highest BCUT2D eigenvalue weighted by Crippen LogP contribution is 2.24. The van der Waals surface area contributed by atoms with Crippen molar-refractivity contribution in [3.05, 3.63) is 0 Å². The first-order chi connectivity index (χ1) is 8.08. The Morgan fingerprint density at radius 2 is 2.29 bits per heavy atom. The Morgan fingerprint density at radius 1 is 1.59 bits per heavy atom. The van der Waals surface area contributed by atoms with Gasteiger partial charge in [0.25, 0.3) is 0 Å². The Bertz CT molecular complexity index is 246. The van der Waals surface area contributed by atoms with Crippen LogP contribution in [0.4, 0.5) is 0 Å². The summed E-state index contributed by atoms with van der Waals surface area (Å²) in [7, 11) is 0. The minimum absolute atomic E-state index is 0.0945. The Balaban J connectivity index is 2.41. The van der Waals surface area contributed by atoms with E-state index in [1.165, 1.54) is 6.42 Å². The molecule has 1 rings (SSSR count). The first-order valence-corrected chi connectivity index (χ1v) is 6.68. The third-order valence-electron chi connectivity index (χ3n) is 3.84. The van der Waals surface area contributed by atoms with Crippen LogP contribution in [0, 0.1) is 11.8 Å². The standard InChI is InChI=1S/C13H26N2O2/c1-4-17-13(16)7-11(3)15-6-5-10(2)12(8-14)9-15/h10-12H,4-9,14H2,1-3H3. The van der Waals surface area contributed by atoms with Gasteiger partial charge in [0.05, 0.1) is 13.0 Å². The molecule has 0 amide bonds. The molecule has 1 aliphatic rings. The van der Waals surface area contributed by atoms with Gasteiger partial charge in [-0.2, -0.15) is 0 Å². The highest BCUT2D eigenvalue weighted by Gasteiger charge is 2.28. The lowest BCUT2D eigenvalue weighted by Gasteiger charge is -2.39. The van der Waals surface area contributed by atoms with E-state index in [1.54, 1.807) is 0 Å². The molecular formula is C13H26N2O2. The Morgan fingerprint density at radius 3 is 2.88 bits per heavy atom. The molecule has 1 aliphatic heterocycles. The van der Waals surface area contributed by atoms with Gasteiger partial charge >= 0.3 is 5.97 Å². The fourth-order valence-electron chi connectivity index (χ4n) is 2.47. The number of piperidine rings is 1. The molecule has 0 saturated carbocycles. The van der Waals surface area contributed by atoms with Crippen LogP contribution in [0.5, 0.6) is 0 Å². The highest BCUT2D eigenvalue weighted by molar-refractivity contribution is 5.70. The van der Waals surface area contributed by atoms with Crippen molar-refractivity contribution in [3.63, 3.8) is 0 Å². The third kappa shape index (κ3) is 4.28. The van der Waals surface area contributed by atoms with Crippen LogP contribution in [0.1, 0.15) is 33.6 Å². The Labute approximate surface area is 104 Å². The fraction of sp³-hybridized carbons (Fsp3) is 0.923. The number of carbonyl (C=O) groups is 1. The number of hydrogen-bond donors (Lipinski definition) is 1. The van der Waals surface area contributed by atoms with Crippen molar-refractivity contribution in [2.24, 2.45) is 17.6 Å². The minimum Gasteiger partial charge on any atom is -0.466 e. The number of rotatable bonds is 5. The Kier molecular flexibility index (Phi) is 5.92. The van der Waals surface area contributed by atoms with E-state index in [4.69, 9.17) is 10.5 Å². The number of likely N-dealkylation sites (tertiary alicyclic amines) is 1. The van der Waals surface area contributed by atoms with Crippen LogP contribution in [0.15, 0.2) is 0 Å². The molecule has 1 heterocycles. The van der Waals surface area contributed by atoms with Crippen LogP contribution in [0.3, 0.4) is 0 Å². The molecule has 1 saturated heterocycles. The van der Waals surface area contributed by atoms with Crippen LogP contribution in [0.25, 0.3) is 0 Å². The second-order valence-electron chi connectivity index (χ2n) is 5.11. The largest absolute Gasteiger partial charge is 0.466 e. The first-order valence-electron chi connectivity index (χ1n) is 6.68. The summed E-state index contributed by atoms with van der Waals surface area (Å²) < 4.78 is 4.99. The molecule has 1 fully saturated rings. The van der Waals surface area contributed by atoms with Crippen molar-refractivity contribution in [2.45, 2.75) is 39.7 Å². The predicted octanol–water partition coefficient (Wildman–Crippen LogP) is 1.24. The molecule has 2 N–H and O–H groups in total. The molecule has 0 spiro atoms. The van der Waals surface area contributed by atoms with E-state index >= 15 is 0 Å². The van der Waals surface area contributed by atoms with Gasteiger partial charge in [-0.25, -0.2) is 0 Å². The molecular weight excluding hydrogens is 216 g/mol. The van der Waals surface area contributed by atoms with Gasteiger partial charge in [0.15, 0.2) is 0 Å². The average Bonchev–Trinajstić information content (AvgIpc) is 2.29. The summed E-state index contributed by atoms with van der Waals surface area (Å²) >= 11 is 0. The summed E-state index contributed by atoms with van der Waals surface area (Å²) in [5.74, 6) is 1.17. The van der Waals surface area contributed by atoms with Crippen LogP contribution >= 0.6 is 0 Å².